The molecular weight excluding hydrogens is 797 g/mol. The Morgan fingerprint density at radius 2 is 1.11 bits per heavy atom. The normalized spacial score (nSPS) is 15.9. The number of aliphatic hydroxyl groups excluding tert-OH is 2. The maximum Gasteiger partial charge on any atom is 0.126 e. The van der Waals surface area contributed by atoms with E-state index in [4.69, 9.17) is 4.74 Å². The van der Waals surface area contributed by atoms with Crippen molar-refractivity contribution in [3.05, 3.63) is 191 Å². The molecule has 2 aliphatic rings. The smallest absolute Gasteiger partial charge is 0.126 e. The summed E-state index contributed by atoms with van der Waals surface area (Å²) in [5.74, 6) is 0.414. The Labute approximate surface area is 381 Å². The molecule has 9 aromatic rings. The van der Waals surface area contributed by atoms with E-state index in [9.17, 15) is 15.3 Å². The highest BCUT2D eigenvalue weighted by atomic mass is 16.5. The van der Waals surface area contributed by atoms with Crippen LogP contribution in [-0.2, 0) is 29.5 Å². The Balaban J connectivity index is 0.919. The average molecular weight is 851 g/mol. The van der Waals surface area contributed by atoms with Crippen molar-refractivity contribution in [1.29, 1.82) is 0 Å². The molecule has 0 radical (unpaired) electrons. The molecule has 4 nitrogen and oxygen atoms in total. The minimum atomic E-state index is -0.421. The SMILES string of the molecule is C=CC1(CCCOc2cc(CO)c(O)c(CO)c2)c2ccccc2-c2ccc(-c3ccc4c(c3)C(C)(C)c3cc(-c5ccc6ccc7cc(C(C)(C)C)cc8ccc5c6c78)ccc3-4)cc21. The number of benzene rings is 9. The molecule has 65 heavy (non-hydrogen) atoms. The Bertz CT molecular complexity index is 3360. The number of allylic oxidation sites excluding steroid dienone is 1. The Morgan fingerprint density at radius 3 is 1.75 bits per heavy atom. The average Bonchev–Trinajstić information content (AvgIpc) is 3.72. The molecule has 0 fully saturated rings. The van der Waals surface area contributed by atoms with Gasteiger partial charge in [0.15, 0.2) is 0 Å². The molecule has 0 spiro atoms. The lowest BCUT2D eigenvalue weighted by molar-refractivity contribution is 0.258. The zero-order chi connectivity index (χ0) is 45.0. The summed E-state index contributed by atoms with van der Waals surface area (Å²) in [5, 5.41) is 37.8. The largest absolute Gasteiger partial charge is 0.507 e. The lowest BCUT2D eigenvalue weighted by Gasteiger charge is -2.29. The second-order valence-electron chi connectivity index (χ2n) is 19.9. The highest BCUT2D eigenvalue weighted by molar-refractivity contribution is 6.25. The van der Waals surface area contributed by atoms with Crippen molar-refractivity contribution in [3.63, 3.8) is 0 Å². The predicted octanol–water partition coefficient (Wildman–Crippen LogP) is 14.5. The van der Waals surface area contributed by atoms with E-state index in [1.54, 1.807) is 12.1 Å². The molecule has 0 aliphatic heterocycles. The van der Waals surface area contributed by atoms with Gasteiger partial charge in [0.05, 0.1) is 19.8 Å². The standard InChI is InChI=1S/C61H54O4/c1-7-61(25-10-26-65-45-29-42(34-62)58(64)43(30-45)35-63)52-12-9-8-11-47(52)50-22-17-38(32-55(50)61)37-16-21-48-49-23-18-39(33-54(49)60(5,6)53(48)31-37)46-20-15-36-13-14-40-27-44(59(2,3)4)28-41-19-24-51(46)57(36)56(40)41/h7-9,11-24,27-33,62-64H,1,10,25-26,34-35H2,2-6H3. The summed E-state index contributed by atoms with van der Waals surface area (Å²) >= 11 is 0. The van der Waals surface area contributed by atoms with Gasteiger partial charge in [-0.2, -0.15) is 0 Å². The fraction of sp³-hybridized carbons (Fsp3) is 0.213. The van der Waals surface area contributed by atoms with Crippen LogP contribution in [0.3, 0.4) is 0 Å². The van der Waals surface area contributed by atoms with Gasteiger partial charge in [-0.3, -0.25) is 0 Å². The Kier molecular flexibility index (Phi) is 9.41. The third-order valence-electron chi connectivity index (χ3n) is 14.9. The number of fused-ring (bicyclic) bond motifs is 6. The van der Waals surface area contributed by atoms with Gasteiger partial charge in [0.1, 0.15) is 11.5 Å². The molecule has 0 saturated carbocycles. The van der Waals surface area contributed by atoms with Crippen LogP contribution in [0.2, 0.25) is 0 Å². The van der Waals surface area contributed by atoms with Crippen LogP contribution in [0.1, 0.15) is 86.4 Å². The van der Waals surface area contributed by atoms with Gasteiger partial charge in [-0.1, -0.05) is 150 Å². The molecule has 1 atom stereocenters. The minimum absolute atomic E-state index is 0.0751. The molecule has 0 heterocycles. The summed E-state index contributed by atoms with van der Waals surface area (Å²) in [6.07, 6.45) is 3.62. The zero-order valence-electron chi connectivity index (χ0n) is 37.8. The monoisotopic (exact) mass is 850 g/mol. The maximum atomic E-state index is 10.3. The minimum Gasteiger partial charge on any atom is -0.507 e. The van der Waals surface area contributed by atoms with E-state index in [1.807, 2.05) is 0 Å². The summed E-state index contributed by atoms with van der Waals surface area (Å²) in [4.78, 5) is 0. The van der Waals surface area contributed by atoms with Gasteiger partial charge in [-0.05, 0) is 153 Å². The molecular formula is C61H54O4. The third-order valence-corrected chi connectivity index (χ3v) is 14.9. The van der Waals surface area contributed by atoms with E-state index < -0.39 is 5.41 Å². The second-order valence-corrected chi connectivity index (χ2v) is 19.9. The molecule has 0 saturated heterocycles. The van der Waals surface area contributed by atoms with Crippen molar-refractivity contribution in [2.75, 3.05) is 6.61 Å². The van der Waals surface area contributed by atoms with E-state index in [0.717, 1.165) is 12.8 Å². The van der Waals surface area contributed by atoms with Crippen LogP contribution in [-0.4, -0.2) is 21.9 Å². The van der Waals surface area contributed by atoms with Crippen molar-refractivity contribution in [3.8, 4) is 56.0 Å². The number of aliphatic hydroxyl groups is 2. The molecule has 322 valence electrons. The Hall–Kier alpha value is -6.72. The van der Waals surface area contributed by atoms with Crippen LogP contribution in [0.25, 0.3) is 76.8 Å². The van der Waals surface area contributed by atoms with E-state index >= 15 is 0 Å². The van der Waals surface area contributed by atoms with Crippen LogP contribution in [0.15, 0.2) is 152 Å². The first kappa shape index (κ1) is 41.0. The van der Waals surface area contributed by atoms with E-state index in [-0.39, 0.29) is 29.8 Å². The van der Waals surface area contributed by atoms with Gasteiger partial charge in [-0.25, -0.2) is 0 Å². The predicted molar refractivity (Wildman–Crippen MR) is 268 cm³/mol. The van der Waals surface area contributed by atoms with Gasteiger partial charge in [0.2, 0.25) is 0 Å². The highest BCUT2D eigenvalue weighted by Gasteiger charge is 2.41. The van der Waals surface area contributed by atoms with Crippen LogP contribution in [0, 0.1) is 0 Å². The number of phenols is 1. The van der Waals surface area contributed by atoms with Crippen molar-refractivity contribution in [1.82, 2.24) is 0 Å². The molecule has 0 amide bonds. The van der Waals surface area contributed by atoms with Crippen LogP contribution in [0.5, 0.6) is 11.5 Å². The number of aromatic hydroxyl groups is 1. The summed E-state index contributed by atoms with van der Waals surface area (Å²) in [5.41, 5.74) is 16.6. The zero-order valence-corrected chi connectivity index (χ0v) is 37.8. The first-order valence-electron chi connectivity index (χ1n) is 22.9. The van der Waals surface area contributed by atoms with Crippen molar-refractivity contribution < 1.29 is 20.1 Å². The molecule has 0 bridgehead atoms. The summed E-state index contributed by atoms with van der Waals surface area (Å²) in [6.45, 7) is 15.8. The van der Waals surface area contributed by atoms with Gasteiger partial charge in [-0.15, -0.1) is 6.58 Å². The van der Waals surface area contributed by atoms with Crippen LogP contribution >= 0.6 is 0 Å². The van der Waals surface area contributed by atoms with Crippen LogP contribution < -0.4 is 4.74 Å². The third kappa shape index (κ3) is 6.26. The first-order valence-corrected chi connectivity index (χ1v) is 22.9. The second kappa shape index (κ2) is 14.9. The first-order chi connectivity index (χ1) is 31.3. The highest BCUT2D eigenvalue weighted by Crippen LogP contribution is 2.55. The quantitative estimate of drug-likeness (QED) is 0.0728. The molecule has 1 unspecified atom stereocenters. The fourth-order valence-corrected chi connectivity index (χ4v) is 11.4. The van der Waals surface area contributed by atoms with Gasteiger partial charge < -0.3 is 20.1 Å². The topological polar surface area (TPSA) is 69.9 Å². The number of rotatable bonds is 10. The van der Waals surface area contributed by atoms with E-state index in [1.165, 1.54) is 105 Å². The van der Waals surface area contributed by atoms with Crippen molar-refractivity contribution >= 4 is 32.3 Å². The number of hydrogen-bond donors (Lipinski definition) is 3. The van der Waals surface area contributed by atoms with Crippen molar-refractivity contribution in [2.45, 2.75) is 76.9 Å². The molecule has 9 aromatic carbocycles. The van der Waals surface area contributed by atoms with E-state index in [2.05, 4.69) is 175 Å². The molecule has 11 rings (SSSR count). The van der Waals surface area contributed by atoms with E-state index in [0.29, 0.717) is 23.5 Å². The van der Waals surface area contributed by atoms with Crippen molar-refractivity contribution in [2.24, 2.45) is 0 Å². The van der Waals surface area contributed by atoms with Gasteiger partial charge in [0.25, 0.3) is 0 Å². The van der Waals surface area contributed by atoms with Gasteiger partial charge >= 0.3 is 0 Å². The lowest BCUT2D eigenvalue weighted by Crippen LogP contribution is -2.23. The molecule has 0 aromatic heterocycles. The summed E-state index contributed by atoms with van der Waals surface area (Å²) < 4.78 is 6.17. The lowest BCUT2D eigenvalue weighted by atomic mass is 9.74. The van der Waals surface area contributed by atoms with Crippen LogP contribution in [0.4, 0.5) is 0 Å². The fourth-order valence-electron chi connectivity index (χ4n) is 11.4. The Morgan fingerprint density at radius 1 is 0.569 bits per heavy atom. The summed E-state index contributed by atoms with van der Waals surface area (Å²) in [7, 11) is 0. The van der Waals surface area contributed by atoms with Gasteiger partial charge in [0, 0.05) is 22.0 Å². The maximum absolute atomic E-state index is 10.3. The number of ether oxygens (including phenoxy) is 1. The molecule has 4 heteroatoms. The number of hydrogen-bond acceptors (Lipinski definition) is 4. The molecule has 2 aliphatic carbocycles. The molecule has 3 N–H and O–H groups in total. The summed E-state index contributed by atoms with van der Waals surface area (Å²) in [6, 6.07) is 51.7.